The second-order valence-corrected chi connectivity index (χ2v) is 5.81. The molecule has 2 heterocycles. The van der Waals surface area contributed by atoms with Crippen molar-refractivity contribution in [3.05, 3.63) is 58.2 Å². The van der Waals surface area contributed by atoms with Crippen LogP contribution in [0.5, 0.6) is 0 Å². The molecular weight excluding hydrogens is 246 g/mol. The Labute approximate surface area is 119 Å². The van der Waals surface area contributed by atoms with Crippen molar-refractivity contribution in [2.24, 2.45) is 0 Å². The largest absolute Gasteiger partial charge is 0.312 e. The van der Waals surface area contributed by atoms with Crippen molar-refractivity contribution in [1.82, 2.24) is 15.3 Å². The van der Waals surface area contributed by atoms with Crippen LogP contribution >= 0.6 is 0 Å². The minimum Gasteiger partial charge on any atom is -0.312 e. The Morgan fingerprint density at radius 2 is 2.00 bits per heavy atom. The smallest absolute Gasteiger partial charge is 0.115 e. The van der Waals surface area contributed by atoms with Gasteiger partial charge in [-0.15, -0.1) is 0 Å². The van der Waals surface area contributed by atoms with Gasteiger partial charge in [-0.1, -0.05) is 18.2 Å². The third-order valence-corrected chi connectivity index (χ3v) is 4.50. The van der Waals surface area contributed by atoms with E-state index in [4.69, 9.17) is 0 Å². The second kappa shape index (κ2) is 4.98. The van der Waals surface area contributed by atoms with Crippen LogP contribution in [0.3, 0.4) is 0 Å². The summed E-state index contributed by atoms with van der Waals surface area (Å²) in [5.41, 5.74) is 8.22. The first-order chi connectivity index (χ1) is 9.90. The SMILES string of the molecule is c1nc2c(c(Cc3ccc4c(c3)CCC4)n1)CNCC2. The summed E-state index contributed by atoms with van der Waals surface area (Å²) in [6, 6.07) is 6.96. The Hall–Kier alpha value is -1.74. The van der Waals surface area contributed by atoms with E-state index in [-0.39, 0.29) is 0 Å². The number of fused-ring (bicyclic) bond motifs is 2. The number of hydrogen-bond acceptors (Lipinski definition) is 3. The molecule has 1 aliphatic heterocycles. The molecule has 3 heteroatoms. The maximum absolute atomic E-state index is 4.53. The van der Waals surface area contributed by atoms with Gasteiger partial charge in [-0.05, 0) is 36.0 Å². The van der Waals surface area contributed by atoms with Crippen LogP contribution in [0.4, 0.5) is 0 Å². The molecule has 0 atom stereocenters. The third-order valence-electron chi connectivity index (χ3n) is 4.50. The average molecular weight is 265 g/mol. The molecule has 0 fully saturated rings. The van der Waals surface area contributed by atoms with Gasteiger partial charge in [-0.3, -0.25) is 0 Å². The summed E-state index contributed by atoms with van der Waals surface area (Å²) in [5.74, 6) is 0. The van der Waals surface area contributed by atoms with Crippen molar-refractivity contribution >= 4 is 0 Å². The van der Waals surface area contributed by atoms with Gasteiger partial charge in [0.1, 0.15) is 6.33 Å². The number of nitrogens with zero attached hydrogens (tertiary/aromatic N) is 2. The monoisotopic (exact) mass is 265 g/mol. The van der Waals surface area contributed by atoms with Crippen molar-refractivity contribution in [2.45, 2.75) is 38.6 Å². The van der Waals surface area contributed by atoms with E-state index >= 15 is 0 Å². The van der Waals surface area contributed by atoms with Gasteiger partial charge in [0.25, 0.3) is 0 Å². The number of hydrogen-bond donors (Lipinski definition) is 1. The molecule has 2 aromatic rings. The number of aromatic nitrogens is 2. The first-order valence-electron chi connectivity index (χ1n) is 7.53. The predicted octanol–water partition coefficient (Wildman–Crippen LogP) is 2.20. The second-order valence-electron chi connectivity index (χ2n) is 5.81. The highest BCUT2D eigenvalue weighted by Gasteiger charge is 2.16. The lowest BCUT2D eigenvalue weighted by molar-refractivity contribution is 0.618. The van der Waals surface area contributed by atoms with E-state index in [1.807, 2.05) is 0 Å². The van der Waals surface area contributed by atoms with E-state index in [0.29, 0.717) is 0 Å². The maximum Gasteiger partial charge on any atom is 0.115 e. The maximum atomic E-state index is 4.53. The summed E-state index contributed by atoms with van der Waals surface area (Å²) in [6.07, 6.45) is 7.49. The fourth-order valence-electron chi connectivity index (χ4n) is 3.41. The van der Waals surface area contributed by atoms with E-state index in [9.17, 15) is 0 Å². The zero-order valence-corrected chi connectivity index (χ0v) is 11.7. The highest BCUT2D eigenvalue weighted by Crippen LogP contribution is 2.24. The Morgan fingerprint density at radius 3 is 3.00 bits per heavy atom. The normalized spacial score (nSPS) is 16.8. The topological polar surface area (TPSA) is 37.8 Å². The highest BCUT2D eigenvalue weighted by molar-refractivity contribution is 5.38. The molecule has 4 rings (SSSR count). The molecule has 0 amide bonds. The molecule has 1 aromatic heterocycles. The Kier molecular flexibility index (Phi) is 3.00. The molecule has 1 aliphatic carbocycles. The molecule has 0 radical (unpaired) electrons. The lowest BCUT2D eigenvalue weighted by Gasteiger charge is -2.18. The lowest BCUT2D eigenvalue weighted by atomic mass is 9.98. The van der Waals surface area contributed by atoms with E-state index in [0.717, 1.165) is 25.9 Å². The third kappa shape index (κ3) is 2.12. The van der Waals surface area contributed by atoms with Gasteiger partial charge in [0.05, 0.1) is 5.69 Å². The van der Waals surface area contributed by atoms with E-state index in [2.05, 4.69) is 33.5 Å². The standard InChI is InChI=1S/C17H19N3/c1-2-13-5-4-12(8-14(13)3-1)9-17-15-10-18-7-6-16(15)19-11-20-17/h4-5,8,11,18H,1-3,6-7,9-10H2. The van der Waals surface area contributed by atoms with Crippen LogP contribution in [0, 0.1) is 0 Å². The van der Waals surface area contributed by atoms with Crippen LogP contribution in [-0.2, 0) is 32.2 Å². The fourth-order valence-corrected chi connectivity index (χ4v) is 3.41. The van der Waals surface area contributed by atoms with Crippen LogP contribution in [0.25, 0.3) is 0 Å². The van der Waals surface area contributed by atoms with Crippen molar-refractivity contribution in [2.75, 3.05) is 6.54 Å². The van der Waals surface area contributed by atoms with Crippen LogP contribution < -0.4 is 5.32 Å². The molecule has 0 bridgehead atoms. The Bertz CT molecular complexity index is 649. The molecule has 3 nitrogen and oxygen atoms in total. The quantitative estimate of drug-likeness (QED) is 0.904. The van der Waals surface area contributed by atoms with Gasteiger partial charge in [-0.2, -0.15) is 0 Å². The average Bonchev–Trinajstić information content (AvgIpc) is 2.95. The minimum atomic E-state index is 0.913. The number of rotatable bonds is 2. The summed E-state index contributed by atoms with van der Waals surface area (Å²) >= 11 is 0. The van der Waals surface area contributed by atoms with Gasteiger partial charge in [-0.25, -0.2) is 9.97 Å². The molecule has 0 unspecified atom stereocenters. The first kappa shape index (κ1) is 12.0. The zero-order chi connectivity index (χ0) is 13.4. The number of aryl methyl sites for hydroxylation is 2. The molecule has 102 valence electrons. The van der Waals surface area contributed by atoms with Crippen molar-refractivity contribution in [1.29, 1.82) is 0 Å². The van der Waals surface area contributed by atoms with Crippen LogP contribution in [0.1, 0.15) is 40.1 Å². The molecule has 0 spiro atoms. The first-order valence-corrected chi connectivity index (χ1v) is 7.53. The van der Waals surface area contributed by atoms with Gasteiger partial charge in [0.2, 0.25) is 0 Å². The lowest BCUT2D eigenvalue weighted by Crippen LogP contribution is -2.26. The van der Waals surface area contributed by atoms with Gasteiger partial charge < -0.3 is 5.32 Å². The summed E-state index contributed by atoms with van der Waals surface area (Å²) in [6.45, 7) is 1.94. The molecule has 0 saturated heterocycles. The molecular formula is C17H19N3. The van der Waals surface area contributed by atoms with Gasteiger partial charge >= 0.3 is 0 Å². The fraction of sp³-hybridized carbons (Fsp3) is 0.412. The van der Waals surface area contributed by atoms with Crippen molar-refractivity contribution < 1.29 is 0 Å². The summed E-state index contributed by atoms with van der Waals surface area (Å²) in [7, 11) is 0. The summed E-state index contributed by atoms with van der Waals surface area (Å²) < 4.78 is 0. The number of benzene rings is 1. The van der Waals surface area contributed by atoms with Gasteiger partial charge in [0, 0.05) is 37.2 Å². The summed E-state index contributed by atoms with van der Waals surface area (Å²) in [4.78, 5) is 8.96. The van der Waals surface area contributed by atoms with Gasteiger partial charge in [0.15, 0.2) is 0 Å². The molecule has 0 saturated carbocycles. The molecule has 1 N–H and O–H groups in total. The molecule has 20 heavy (non-hydrogen) atoms. The molecule has 2 aliphatic rings. The summed E-state index contributed by atoms with van der Waals surface area (Å²) in [5, 5.41) is 3.43. The van der Waals surface area contributed by atoms with Crippen LogP contribution in [-0.4, -0.2) is 16.5 Å². The highest BCUT2D eigenvalue weighted by atomic mass is 14.9. The van der Waals surface area contributed by atoms with E-state index in [1.165, 1.54) is 41.8 Å². The van der Waals surface area contributed by atoms with Crippen molar-refractivity contribution in [3.8, 4) is 0 Å². The van der Waals surface area contributed by atoms with Crippen LogP contribution in [0.15, 0.2) is 24.5 Å². The zero-order valence-electron chi connectivity index (χ0n) is 11.7. The number of nitrogens with one attached hydrogen (secondary N) is 1. The Morgan fingerprint density at radius 1 is 1.05 bits per heavy atom. The van der Waals surface area contributed by atoms with Crippen molar-refractivity contribution in [3.63, 3.8) is 0 Å². The molecule has 1 aromatic carbocycles. The van der Waals surface area contributed by atoms with Crippen LogP contribution in [0.2, 0.25) is 0 Å². The van der Waals surface area contributed by atoms with E-state index in [1.54, 1.807) is 17.5 Å². The van der Waals surface area contributed by atoms with E-state index < -0.39 is 0 Å². The Balaban J connectivity index is 1.66. The predicted molar refractivity (Wildman–Crippen MR) is 78.7 cm³/mol. The minimum absolute atomic E-state index is 0.913.